The van der Waals surface area contributed by atoms with Crippen LogP contribution in [-0.2, 0) is 44.9 Å². The number of aromatic hydroxyl groups is 8. The zero-order chi connectivity index (χ0) is 44.0. The highest BCUT2D eigenvalue weighted by Crippen LogP contribution is 2.33. The van der Waals surface area contributed by atoms with Gasteiger partial charge in [0.05, 0.1) is 0 Å². The van der Waals surface area contributed by atoms with Gasteiger partial charge in [-0.2, -0.15) is 0 Å². The molecule has 0 aliphatic carbocycles. The maximum absolute atomic E-state index is 11.0. The second kappa shape index (κ2) is 18.4. The maximum atomic E-state index is 11.0. The summed E-state index contributed by atoms with van der Waals surface area (Å²) in [5.74, 6) is 1.15. The normalized spacial score (nSPS) is 11.2. The van der Waals surface area contributed by atoms with Crippen LogP contribution >= 0.6 is 0 Å². The zero-order valence-corrected chi connectivity index (χ0v) is 34.5. The summed E-state index contributed by atoms with van der Waals surface area (Å²) in [7, 11) is 0. The number of phenols is 8. The lowest BCUT2D eigenvalue weighted by molar-refractivity contribution is 0.461. The van der Waals surface area contributed by atoms with Crippen LogP contribution in [0.5, 0.6) is 46.0 Å². The predicted octanol–water partition coefficient (Wildman–Crippen LogP) is 10.5. The fraction of sp³-hybridized carbons (Fsp3) is 0.127. The first-order chi connectivity index (χ1) is 30.4. The van der Waals surface area contributed by atoms with E-state index < -0.39 is 0 Å². The van der Waals surface area contributed by atoms with E-state index in [1.165, 1.54) is 0 Å². The van der Waals surface area contributed by atoms with Crippen LogP contribution in [0.1, 0.15) is 77.9 Å². The number of hydrogen-bond donors (Lipinski definition) is 8. The molecule has 0 aliphatic rings. The van der Waals surface area contributed by atoms with Gasteiger partial charge in [-0.05, 0) is 164 Å². The molecule has 63 heavy (non-hydrogen) atoms. The van der Waals surface area contributed by atoms with Gasteiger partial charge in [0.25, 0.3) is 0 Å². The highest BCUT2D eigenvalue weighted by atomic mass is 16.3. The van der Waals surface area contributed by atoms with Crippen LogP contribution in [0.4, 0.5) is 0 Å². The van der Waals surface area contributed by atoms with Crippen molar-refractivity contribution in [2.24, 2.45) is 0 Å². The standard InChI is InChI=1S/C55H48O8/c56-48-11-1-34(2-12-48)21-36-5-15-50(58)42(25-36)31-44-27-38(7-17-52(44)60)23-40-9-19-54(62)46(29-40)33-47-30-41(10-20-55(47)63)24-39-8-18-53(61)45(28-39)32-43-26-37(6-16-51(43)59)22-35-3-13-49(57)14-4-35/h1-20,25-30,56-63H,21-24,31-33H2. The van der Waals surface area contributed by atoms with Crippen molar-refractivity contribution >= 4 is 0 Å². The van der Waals surface area contributed by atoms with Gasteiger partial charge in [-0.15, -0.1) is 0 Å². The van der Waals surface area contributed by atoms with Crippen molar-refractivity contribution < 1.29 is 40.9 Å². The van der Waals surface area contributed by atoms with E-state index in [-0.39, 0.29) is 52.4 Å². The zero-order valence-electron chi connectivity index (χ0n) is 34.5. The quantitative estimate of drug-likeness (QED) is 0.0537. The Hall–Kier alpha value is -7.84. The third-order valence-corrected chi connectivity index (χ3v) is 11.5. The largest absolute Gasteiger partial charge is 0.508 e. The summed E-state index contributed by atoms with van der Waals surface area (Å²) in [5, 5.41) is 84.3. The van der Waals surface area contributed by atoms with Crippen LogP contribution in [-0.4, -0.2) is 40.9 Å². The Labute approximate surface area is 366 Å². The van der Waals surface area contributed by atoms with Crippen molar-refractivity contribution in [2.45, 2.75) is 44.9 Å². The second-order valence-electron chi connectivity index (χ2n) is 16.3. The van der Waals surface area contributed by atoms with E-state index in [1.54, 1.807) is 60.7 Å². The van der Waals surface area contributed by atoms with Crippen molar-refractivity contribution in [3.63, 3.8) is 0 Å². The van der Waals surface area contributed by atoms with Crippen molar-refractivity contribution in [2.75, 3.05) is 0 Å². The van der Waals surface area contributed by atoms with E-state index in [4.69, 9.17) is 0 Å². The molecular weight excluding hydrogens is 789 g/mol. The SMILES string of the molecule is Oc1ccc(Cc2ccc(O)c(Cc3cc(Cc4ccc(O)c(Cc5cc(Cc6ccc(O)c(Cc7cc(Cc8ccc(O)cc8)ccc7O)c6)ccc5O)c4)ccc3O)c2)cc1. The molecule has 0 bridgehead atoms. The molecular formula is C55H48O8. The van der Waals surface area contributed by atoms with Crippen LogP contribution in [0.15, 0.2) is 158 Å². The second-order valence-corrected chi connectivity index (χ2v) is 16.3. The molecule has 0 amide bonds. The molecule has 0 aliphatic heterocycles. The van der Waals surface area contributed by atoms with Crippen LogP contribution in [0.2, 0.25) is 0 Å². The Morgan fingerprint density at radius 2 is 0.365 bits per heavy atom. The van der Waals surface area contributed by atoms with Crippen LogP contribution in [0, 0.1) is 0 Å². The molecule has 0 saturated carbocycles. The summed E-state index contributed by atoms with van der Waals surface area (Å²) in [6.45, 7) is 0. The Kier molecular flexibility index (Phi) is 12.2. The smallest absolute Gasteiger partial charge is 0.119 e. The Morgan fingerprint density at radius 1 is 0.190 bits per heavy atom. The molecule has 0 aromatic heterocycles. The molecule has 0 radical (unpaired) electrons. The Bertz CT molecular complexity index is 2700. The third-order valence-electron chi connectivity index (χ3n) is 11.5. The lowest BCUT2D eigenvalue weighted by Gasteiger charge is -2.13. The number of benzene rings is 8. The van der Waals surface area contributed by atoms with Gasteiger partial charge in [0.15, 0.2) is 0 Å². The first-order valence-corrected chi connectivity index (χ1v) is 20.8. The van der Waals surface area contributed by atoms with E-state index in [9.17, 15) is 40.9 Å². The summed E-state index contributed by atoms with van der Waals surface area (Å²) in [6, 6.07) is 46.7. The molecule has 8 heteroatoms. The first-order valence-electron chi connectivity index (χ1n) is 20.8. The van der Waals surface area contributed by atoms with Gasteiger partial charge in [0.2, 0.25) is 0 Å². The van der Waals surface area contributed by atoms with Crippen molar-refractivity contribution in [3.05, 3.63) is 236 Å². The molecule has 8 aromatic rings. The fourth-order valence-corrected chi connectivity index (χ4v) is 8.13. The number of phenolic OH excluding ortho intramolecular Hbond substituents is 8. The highest BCUT2D eigenvalue weighted by molar-refractivity contribution is 5.50. The summed E-state index contributed by atoms with van der Waals surface area (Å²) >= 11 is 0. The van der Waals surface area contributed by atoms with Crippen LogP contribution in [0.3, 0.4) is 0 Å². The average molecular weight is 837 g/mol. The molecule has 8 aromatic carbocycles. The Morgan fingerprint density at radius 3 is 0.571 bits per heavy atom. The number of hydrogen-bond acceptors (Lipinski definition) is 8. The molecule has 8 nitrogen and oxygen atoms in total. The minimum atomic E-state index is 0.108. The van der Waals surface area contributed by atoms with Gasteiger partial charge >= 0.3 is 0 Å². The molecule has 0 heterocycles. The molecule has 8 rings (SSSR count). The molecule has 0 spiro atoms. The van der Waals surface area contributed by atoms with Crippen molar-refractivity contribution in [1.29, 1.82) is 0 Å². The van der Waals surface area contributed by atoms with Gasteiger partial charge in [0, 0.05) is 19.3 Å². The third kappa shape index (κ3) is 10.6. The minimum absolute atomic E-state index is 0.108. The fourth-order valence-electron chi connectivity index (χ4n) is 8.13. The average Bonchev–Trinajstić information content (AvgIpc) is 3.26. The summed E-state index contributed by atoms with van der Waals surface area (Å²) < 4.78 is 0. The van der Waals surface area contributed by atoms with Gasteiger partial charge in [-0.25, -0.2) is 0 Å². The minimum Gasteiger partial charge on any atom is -0.508 e. The maximum Gasteiger partial charge on any atom is 0.119 e. The van der Waals surface area contributed by atoms with Gasteiger partial charge in [0.1, 0.15) is 46.0 Å². The van der Waals surface area contributed by atoms with Gasteiger partial charge in [-0.1, -0.05) is 97.1 Å². The molecule has 0 atom stereocenters. The number of rotatable bonds is 14. The van der Waals surface area contributed by atoms with E-state index >= 15 is 0 Å². The van der Waals surface area contributed by atoms with Crippen molar-refractivity contribution in [1.82, 2.24) is 0 Å². The summed E-state index contributed by atoms with van der Waals surface area (Å²) in [6.07, 6.45) is 3.19. The van der Waals surface area contributed by atoms with E-state index in [0.717, 1.165) is 44.5 Å². The topological polar surface area (TPSA) is 162 Å². The van der Waals surface area contributed by atoms with E-state index in [2.05, 4.69) is 0 Å². The monoisotopic (exact) mass is 836 g/mol. The summed E-state index contributed by atoms with van der Waals surface area (Å²) in [5.41, 5.74) is 11.8. The molecule has 0 unspecified atom stereocenters. The van der Waals surface area contributed by atoms with E-state index in [1.807, 2.05) is 97.1 Å². The highest BCUT2D eigenvalue weighted by Gasteiger charge is 2.15. The van der Waals surface area contributed by atoms with Crippen molar-refractivity contribution in [3.8, 4) is 46.0 Å². The predicted molar refractivity (Wildman–Crippen MR) is 244 cm³/mol. The van der Waals surface area contributed by atoms with Gasteiger partial charge in [-0.3, -0.25) is 0 Å². The molecule has 0 saturated heterocycles. The Balaban J connectivity index is 0.949. The molecule has 316 valence electrons. The first kappa shape index (κ1) is 41.9. The van der Waals surface area contributed by atoms with Gasteiger partial charge < -0.3 is 40.9 Å². The molecule has 8 N–H and O–H groups in total. The molecule has 0 fully saturated rings. The van der Waals surface area contributed by atoms with Crippen LogP contribution < -0.4 is 0 Å². The lowest BCUT2D eigenvalue weighted by atomic mass is 9.93. The van der Waals surface area contributed by atoms with Crippen LogP contribution in [0.25, 0.3) is 0 Å². The lowest BCUT2D eigenvalue weighted by Crippen LogP contribution is -1.98. The van der Waals surface area contributed by atoms with E-state index in [0.29, 0.717) is 71.9 Å². The summed E-state index contributed by atoms with van der Waals surface area (Å²) in [4.78, 5) is 0.